The molecule has 0 unspecified atom stereocenters. The standard InChI is InChI=1S/C15H15ClN2O/c1-9-3-5-11(13(17)7-9)15(19)18-14-8-10(2)4-6-12(14)16/h3-8H,17H2,1-2H3,(H,18,19). The number of amides is 1. The van der Waals surface area contributed by atoms with Crippen LogP contribution in [-0.2, 0) is 0 Å². The van der Waals surface area contributed by atoms with Gasteiger partial charge in [-0.25, -0.2) is 0 Å². The fraction of sp³-hybridized carbons (Fsp3) is 0.133. The minimum atomic E-state index is -0.259. The summed E-state index contributed by atoms with van der Waals surface area (Å²) in [6.45, 7) is 3.86. The van der Waals surface area contributed by atoms with Crippen molar-refractivity contribution in [3.63, 3.8) is 0 Å². The zero-order valence-electron chi connectivity index (χ0n) is 10.8. The van der Waals surface area contributed by atoms with Gasteiger partial charge in [-0.05, 0) is 49.2 Å². The van der Waals surface area contributed by atoms with Crippen molar-refractivity contribution >= 4 is 28.9 Å². The van der Waals surface area contributed by atoms with Gasteiger partial charge in [0.15, 0.2) is 0 Å². The number of anilines is 2. The van der Waals surface area contributed by atoms with E-state index in [9.17, 15) is 4.79 Å². The van der Waals surface area contributed by atoms with Gasteiger partial charge in [-0.1, -0.05) is 23.7 Å². The van der Waals surface area contributed by atoms with E-state index in [1.807, 2.05) is 32.0 Å². The molecule has 1 amide bonds. The van der Waals surface area contributed by atoms with Crippen molar-refractivity contribution in [2.45, 2.75) is 13.8 Å². The summed E-state index contributed by atoms with van der Waals surface area (Å²) in [5.74, 6) is -0.259. The molecule has 0 spiro atoms. The molecule has 3 N–H and O–H groups in total. The molecule has 0 aliphatic rings. The van der Waals surface area contributed by atoms with Crippen LogP contribution in [0.4, 0.5) is 11.4 Å². The Morgan fingerprint density at radius 2 is 1.74 bits per heavy atom. The molecule has 0 bridgehead atoms. The van der Waals surface area contributed by atoms with Gasteiger partial charge < -0.3 is 11.1 Å². The minimum absolute atomic E-state index is 0.259. The number of rotatable bonds is 2. The molecule has 0 aromatic heterocycles. The maximum atomic E-state index is 12.2. The summed E-state index contributed by atoms with van der Waals surface area (Å²) >= 11 is 6.05. The molecular weight excluding hydrogens is 260 g/mol. The highest BCUT2D eigenvalue weighted by Crippen LogP contribution is 2.24. The Morgan fingerprint density at radius 3 is 2.42 bits per heavy atom. The molecule has 0 saturated heterocycles. The maximum Gasteiger partial charge on any atom is 0.257 e. The second-order valence-electron chi connectivity index (χ2n) is 4.53. The predicted octanol–water partition coefficient (Wildman–Crippen LogP) is 3.79. The highest BCUT2D eigenvalue weighted by Gasteiger charge is 2.11. The van der Waals surface area contributed by atoms with E-state index in [0.717, 1.165) is 11.1 Å². The van der Waals surface area contributed by atoms with Crippen molar-refractivity contribution in [2.75, 3.05) is 11.1 Å². The Morgan fingerprint density at radius 1 is 1.11 bits per heavy atom. The van der Waals surface area contributed by atoms with Gasteiger partial charge in [-0.2, -0.15) is 0 Å². The second kappa shape index (κ2) is 5.33. The number of nitrogen functional groups attached to an aromatic ring is 1. The first-order chi connectivity index (χ1) is 8.97. The van der Waals surface area contributed by atoms with Crippen LogP contribution >= 0.6 is 11.6 Å². The first kappa shape index (κ1) is 13.4. The molecule has 0 aliphatic carbocycles. The van der Waals surface area contributed by atoms with E-state index in [1.165, 1.54) is 0 Å². The van der Waals surface area contributed by atoms with Crippen LogP contribution in [0.25, 0.3) is 0 Å². The number of nitrogens with two attached hydrogens (primary N) is 1. The van der Waals surface area contributed by atoms with E-state index in [4.69, 9.17) is 17.3 Å². The molecule has 0 aliphatic heterocycles. The highest BCUT2D eigenvalue weighted by molar-refractivity contribution is 6.34. The number of aryl methyl sites for hydroxylation is 2. The van der Waals surface area contributed by atoms with Crippen molar-refractivity contribution in [2.24, 2.45) is 0 Å². The van der Waals surface area contributed by atoms with Crippen molar-refractivity contribution in [3.05, 3.63) is 58.1 Å². The average molecular weight is 275 g/mol. The third kappa shape index (κ3) is 3.06. The summed E-state index contributed by atoms with van der Waals surface area (Å²) in [4.78, 5) is 12.2. The summed E-state index contributed by atoms with van der Waals surface area (Å²) in [5, 5.41) is 3.28. The zero-order chi connectivity index (χ0) is 14.0. The molecule has 19 heavy (non-hydrogen) atoms. The third-order valence-corrected chi connectivity index (χ3v) is 3.15. The molecule has 0 heterocycles. The lowest BCUT2D eigenvalue weighted by molar-refractivity contribution is 0.102. The Hall–Kier alpha value is -2.00. The summed E-state index contributed by atoms with van der Waals surface area (Å²) in [6, 6.07) is 10.8. The highest BCUT2D eigenvalue weighted by atomic mass is 35.5. The second-order valence-corrected chi connectivity index (χ2v) is 4.94. The number of nitrogens with one attached hydrogen (secondary N) is 1. The van der Waals surface area contributed by atoms with Crippen molar-refractivity contribution < 1.29 is 4.79 Å². The van der Waals surface area contributed by atoms with Gasteiger partial charge in [0.05, 0.1) is 16.3 Å². The normalized spacial score (nSPS) is 10.3. The smallest absolute Gasteiger partial charge is 0.257 e. The van der Waals surface area contributed by atoms with Gasteiger partial charge in [0.1, 0.15) is 0 Å². The van der Waals surface area contributed by atoms with Crippen LogP contribution in [0.15, 0.2) is 36.4 Å². The number of benzene rings is 2. The number of hydrogen-bond donors (Lipinski definition) is 2. The van der Waals surface area contributed by atoms with Gasteiger partial charge in [-0.15, -0.1) is 0 Å². The lowest BCUT2D eigenvalue weighted by Crippen LogP contribution is -2.14. The van der Waals surface area contributed by atoms with Crippen LogP contribution in [0.3, 0.4) is 0 Å². The molecule has 3 nitrogen and oxygen atoms in total. The summed E-state index contributed by atoms with van der Waals surface area (Å²) in [7, 11) is 0. The van der Waals surface area contributed by atoms with E-state index < -0.39 is 0 Å². The molecule has 2 aromatic carbocycles. The van der Waals surface area contributed by atoms with Gasteiger partial charge in [0.25, 0.3) is 5.91 Å². The zero-order valence-corrected chi connectivity index (χ0v) is 11.6. The first-order valence-electron chi connectivity index (χ1n) is 5.91. The third-order valence-electron chi connectivity index (χ3n) is 2.82. The van der Waals surface area contributed by atoms with Crippen molar-refractivity contribution in [3.8, 4) is 0 Å². The molecular formula is C15H15ClN2O. The van der Waals surface area contributed by atoms with Gasteiger partial charge in [-0.3, -0.25) is 4.79 Å². The lowest BCUT2D eigenvalue weighted by atomic mass is 10.1. The Kier molecular flexibility index (Phi) is 3.76. The number of hydrogen-bond acceptors (Lipinski definition) is 2. The molecule has 2 rings (SSSR count). The number of carbonyl (C=O) groups excluding carboxylic acids is 1. The summed E-state index contributed by atoms with van der Waals surface area (Å²) in [5.41, 5.74) is 9.39. The Bertz CT molecular complexity index is 638. The van der Waals surface area contributed by atoms with Crippen LogP contribution in [0, 0.1) is 13.8 Å². The van der Waals surface area contributed by atoms with Crippen molar-refractivity contribution in [1.29, 1.82) is 0 Å². The van der Waals surface area contributed by atoms with Gasteiger partial charge >= 0.3 is 0 Å². The molecule has 2 aromatic rings. The Balaban J connectivity index is 2.28. The van der Waals surface area contributed by atoms with E-state index in [-0.39, 0.29) is 5.91 Å². The van der Waals surface area contributed by atoms with Gasteiger partial charge in [0, 0.05) is 5.69 Å². The van der Waals surface area contributed by atoms with Crippen LogP contribution in [-0.4, -0.2) is 5.91 Å². The first-order valence-corrected chi connectivity index (χ1v) is 6.29. The molecule has 0 atom stereocenters. The number of carbonyl (C=O) groups is 1. The van der Waals surface area contributed by atoms with Crippen LogP contribution < -0.4 is 11.1 Å². The molecule has 4 heteroatoms. The SMILES string of the molecule is Cc1ccc(C(=O)Nc2cc(C)ccc2Cl)c(N)c1. The van der Waals surface area contributed by atoms with Crippen LogP contribution in [0.1, 0.15) is 21.5 Å². The minimum Gasteiger partial charge on any atom is -0.398 e. The van der Waals surface area contributed by atoms with Gasteiger partial charge in [0.2, 0.25) is 0 Å². The molecule has 0 saturated carbocycles. The van der Waals surface area contributed by atoms with E-state index >= 15 is 0 Å². The monoisotopic (exact) mass is 274 g/mol. The lowest BCUT2D eigenvalue weighted by Gasteiger charge is -2.10. The summed E-state index contributed by atoms with van der Waals surface area (Å²) in [6.07, 6.45) is 0. The average Bonchev–Trinajstić information content (AvgIpc) is 2.33. The maximum absolute atomic E-state index is 12.2. The largest absolute Gasteiger partial charge is 0.398 e. The number of halogens is 1. The van der Waals surface area contributed by atoms with E-state index in [2.05, 4.69) is 5.32 Å². The topological polar surface area (TPSA) is 55.1 Å². The van der Waals surface area contributed by atoms with E-state index in [1.54, 1.807) is 18.2 Å². The molecule has 98 valence electrons. The predicted molar refractivity (Wildman–Crippen MR) is 79.7 cm³/mol. The fourth-order valence-corrected chi connectivity index (χ4v) is 1.98. The summed E-state index contributed by atoms with van der Waals surface area (Å²) < 4.78 is 0. The molecule has 0 fully saturated rings. The molecule has 0 radical (unpaired) electrons. The van der Waals surface area contributed by atoms with Crippen LogP contribution in [0.2, 0.25) is 5.02 Å². The Labute approximate surface area is 117 Å². The van der Waals surface area contributed by atoms with E-state index in [0.29, 0.717) is 22.0 Å². The quantitative estimate of drug-likeness (QED) is 0.819. The fourth-order valence-electron chi connectivity index (χ4n) is 1.81. The van der Waals surface area contributed by atoms with Crippen LogP contribution in [0.5, 0.6) is 0 Å². The van der Waals surface area contributed by atoms with Crippen molar-refractivity contribution in [1.82, 2.24) is 0 Å².